The molecule has 0 fully saturated rings. The Morgan fingerprint density at radius 1 is 1.32 bits per heavy atom. The van der Waals surface area contributed by atoms with Crippen LogP contribution in [0.15, 0.2) is 22.0 Å². The number of hydrogen-bond acceptors (Lipinski definition) is 9. The predicted molar refractivity (Wildman–Crippen MR) is 80.8 cm³/mol. The first-order valence-corrected chi connectivity index (χ1v) is 7.16. The summed E-state index contributed by atoms with van der Waals surface area (Å²) < 4.78 is 12.1. The van der Waals surface area contributed by atoms with Crippen molar-refractivity contribution in [1.29, 1.82) is 0 Å². The lowest BCUT2D eigenvalue weighted by Gasteiger charge is -2.13. The molecular formula is C13H17N5O7. The molecule has 0 aliphatic carbocycles. The summed E-state index contributed by atoms with van der Waals surface area (Å²) in [4.78, 5) is 36.6. The van der Waals surface area contributed by atoms with Gasteiger partial charge < -0.3 is 19.7 Å². The Balaban J connectivity index is 2.23. The van der Waals surface area contributed by atoms with Crippen LogP contribution in [-0.4, -0.2) is 60.0 Å². The van der Waals surface area contributed by atoms with Crippen LogP contribution in [0.2, 0.25) is 0 Å². The Bertz CT molecular complexity index is 836. The third kappa shape index (κ3) is 4.82. The van der Waals surface area contributed by atoms with Crippen LogP contribution >= 0.6 is 0 Å². The third-order valence-electron chi connectivity index (χ3n) is 3.06. The van der Waals surface area contributed by atoms with E-state index in [1.54, 1.807) is 0 Å². The number of esters is 1. The molecule has 0 aliphatic heterocycles. The lowest BCUT2D eigenvalue weighted by atomic mass is 10.4. The summed E-state index contributed by atoms with van der Waals surface area (Å²) in [5.74, 6) is -0.486. The molecule has 0 saturated carbocycles. The quantitative estimate of drug-likeness (QED) is 0.435. The minimum atomic E-state index is -0.857. The SMILES string of the molecule is CC(=O)OCc1cn(-c2cn(COC(CO)CO)c(=O)[nH]c2=O)nn1. The minimum absolute atomic E-state index is 0.0191. The fourth-order valence-electron chi connectivity index (χ4n) is 1.76. The summed E-state index contributed by atoms with van der Waals surface area (Å²) in [6.45, 7) is -0.0147. The number of aliphatic hydroxyl groups is 2. The molecule has 25 heavy (non-hydrogen) atoms. The van der Waals surface area contributed by atoms with E-state index in [1.165, 1.54) is 19.3 Å². The van der Waals surface area contributed by atoms with Crippen molar-refractivity contribution in [2.24, 2.45) is 0 Å². The molecule has 0 amide bonds. The normalized spacial score (nSPS) is 11.0. The van der Waals surface area contributed by atoms with Gasteiger partial charge in [0.05, 0.1) is 19.4 Å². The molecule has 0 radical (unpaired) electrons. The lowest BCUT2D eigenvalue weighted by molar-refractivity contribution is -0.142. The number of carbonyl (C=O) groups is 1. The Morgan fingerprint density at radius 2 is 2.04 bits per heavy atom. The molecule has 2 aromatic heterocycles. The second-order valence-corrected chi connectivity index (χ2v) is 4.96. The highest BCUT2D eigenvalue weighted by molar-refractivity contribution is 5.65. The highest BCUT2D eigenvalue weighted by Crippen LogP contribution is 2.02. The Kier molecular flexibility index (Phi) is 6.16. The zero-order chi connectivity index (χ0) is 18.4. The number of nitrogens with one attached hydrogen (secondary N) is 1. The molecule has 3 N–H and O–H groups in total. The summed E-state index contributed by atoms with van der Waals surface area (Å²) in [7, 11) is 0. The summed E-state index contributed by atoms with van der Waals surface area (Å²) in [5, 5.41) is 25.4. The predicted octanol–water partition coefficient (Wildman–Crippen LogP) is -2.49. The van der Waals surface area contributed by atoms with E-state index in [0.29, 0.717) is 5.69 Å². The second kappa shape index (κ2) is 8.32. The van der Waals surface area contributed by atoms with Crippen LogP contribution in [0.25, 0.3) is 5.69 Å². The minimum Gasteiger partial charge on any atom is -0.459 e. The number of rotatable bonds is 8. The maximum Gasteiger partial charge on any atom is 0.330 e. The third-order valence-corrected chi connectivity index (χ3v) is 3.06. The molecule has 0 saturated heterocycles. The van der Waals surface area contributed by atoms with Crippen LogP contribution in [0.1, 0.15) is 12.6 Å². The van der Waals surface area contributed by atoms with Crippen molar-refractivity contribution >= 4 is 5.97 Å². The monoisotopic (exact) mass is 355 g/mol. The van der Waals surface area contributed by atoms with Crippen molar-refractivity contribution in [2.45, 2.75) is 26.4 Å². The van der Waals surface area contributed by atoms with Crippen molar-refractivity contribution < 1.29 is 24.5 Å². The maximum atomic E-state index is 12.0. The van der Waals surface area contributed by atoms with Gasteiger partial charge in [-0.15, -0.1) is 5.10 Å². The van der Waals surface area contributed by atoms with Crippen LogP contribution in [0.5, 0.6) is 0 Å². The van der Waals surface area contributed by atoms with E-state index < -0.39 is 36.5 Å². The zero-order valence-corrected chi connectivity index (χ0v) is 13.3. The average Bonchev–Trinajstić information content (AvgIpc) is 3.04. The topological polar surface area (TPSA) is 162 Å². The molecule has 0 aromatic carbocycles. The number of aromatic nitrogens is 5. The van der Waals surface area contributed by atoms with Crippen molar-refractivity contribution in [2.75, 3.05) is 13.2 Å². The van der Waals surface area contributed by atoms with Gasteiger partial charge in [-0.2, -0.15) is 0 Å². The Morgan fingerprint density at radius 3 is 2.68 bits per heavy atom. The first kappa shape index (κ1) is 18.5. The maximum absolute atomic E-state index is 12.0. The van der Waals surface area contributed by atoms with Crippen LogP contribution < -0.4 is 11.2 Å². The number of aliphatic hydroxyl groups excluding tert-OH is 2. The number of hydrogen-bond donors (Lipinski definition) is 3. The van der Waals surface area contributed by atoms with Crippen molar-refractivity contribution in [3.63, 3.8) is 0 Å². The van der Waals surface area contributed by atoms with E-state index in [-0.39, 0.29) is 19.0 Å². The zero-order valence-electron chi connectivity index (χ0n) is 13.3. The van der Waals surface area contributed by atoms with Crippen molar-refractivity contribution in [3.8, 4) is 5.69 Å². The molecule has 0 spiro atoms. The number of nitrogens with zero attached hydrogens (tertiary/aromatic N) is 4. The van der Waals surface area contributed by atoms with Gasteiger partial charge in [0, 0.05) is 13.1 Å². The van der Waals surface area contributed by atoms with E-state index in [1.807, 2.05) is 0 Å². The van der Waals surface area contributed by atoms with Gasteiger partial charge in [0.25, 0.3) is 5.56 Å². The van der Waals surface area contributed by atoms with Crippen molar-refractivity contribution in [1.82, 2.24) is 24.5 Å². The lowest BCUT2D eigenvalue weighted by Crippen LogP contribution is -2.34. The van der Waals surface area contributed by atoms with Gasteiger partial charge in [0.15, 0.2) is 0 Å². The van der Waals surface area contributed by atoms with Gasteiger partial charge in [-0.3, -0.25) is 19.1 Å². The Hall–Kier alpha value is -2.83. The van der Waals surface area contributed by atoms with Gasteiger partial charge in [0.2, 0.25) is 0 Å². The van der Waals surface area contributed by atoms with Gasteiger partial charge >= 0.3 is 11.7 Å². The van der Waals surface area contributed by atoms with Crippen LogP contribution in [-0.2, 0) is 27.6 Å². The largest absolute Gasteiger partial charge is 0.459 e. The Labute approximate surface area is 140 Å². The molecule has 12 nitrogen and oxygen atoms in total. The smallest absolute Gasteiger partial charge is 0.330 e. The van der Waals surface area contributed by atoms with Gasteiger partial charge in [-0.1, -0.05) is 5.21 Å². The number of carbonyl (C=O) groups excluding carboxylic acids is 1. The molecule has 0 aliphatic rings. The van der Waals surface area contributed by atoms with Crippen molar-refractivity contribution in [3.05, 3.63) is 38.9 Å². The van der Waals surface area contributed by atoms with Crippen LogP contribution in [0.4, 0.5) is 0 Å². The molecule has 12 heteroatoms. The average molecular weight is 355 g/mol. The number of H-pyrrole nitrogens is 1. The molecule has 0 atom stereocenters. The van der Waals surface area contributed by atoms with E-state index >= 15 is 0 Å². The summed E-state index contributed by atoms with van der Waals surface area (Å²) >= 11 is 0. The highest BCUT2D eigenvalue weighted by Gasteiger charge is 2.12. The molecule has 0 bridgehead atoms. The molecule has 2 rings (SSSR count). The van der Waals surface area contributed by atoms with E-state index in [0.717, 1.165) is 9.25 Å². The first-order chi connectivity index (χ1) is 11.9. The first-order valence-electron chi connectivity index (χ1n) is 7.16. The standard InChI is InChI=1S/C13H17N5O7/c1-8(21)24-6-9-2-18(16-15-9)11-3-17(13(23)14-12(11)22)7-25-10(4-19)5-20/h2-3,10,19-20H,4-7H2,1H3,(H,14,22,23). The highest BCUT2D eigenvalue weighted by atomic mass is 16.5. The fourth-order valence-corrected chi connectivity index (χ4v) is 1.76. The molecule has 2 heterocycles. The molecular weight excluding hydrogens is 338 g/mol. The van der Waals surface area contributed by atoms with Crippen LogP contribution in [0, 0.1) is 0 Å². The number of aromatic amines is 1. The molecule has 136 valence electrons. The van der Waals surface area contributed by atoms with Gasteiger partial charge in [0.1, 0.15) is 30.8 Å². The second-order valence-electron chi connectivity index (χ2n) is 4.96. The van der Waals surface area contributed by atoms with E-state index in [9.17, 15) is 14.4 Å². The number of ether oxygens (including phenoxy) is 2. The van der Waals surface area contributed by atoms with E-state index in [2.05, 4.69) is 15.3 Å². The van der Waals surface area contributed by atoms with E-state index in [4.69, 9.17) is 19.7 Å². The summed E-state index contributed by atoms with van der Waals surface area (Å²) in [5.41, 5.74) is -1.15. The van der Waals surface area contributed by atoms with Crippen LogP contribution in [0.3, 0.4) is 0 Å². The van der Waals surface area contributed by atoms with Gasteiger partial charge in [-0.25, -0.2) is 9.48 Å². The fraction of sp³-hybridized carbons (Fsp3) is 0.462. The molecule has 0 unspecified atom stereocenters. The summed E-state index contributed by atoms with van der Waals surface area (Å²) in [6, 6.07) is 0. The summed E-state index contributed by atoms with van der Waals surface area (Å²) in [6.07, 6.45) is 1.70. The molecule has 2 aromatic rings. The van der Waals surface area contributed by atoms with Gasteiger partial charge in [-0.05, 0) is 0 Å².